The van der Waals surface area contributed by atoms with Gasteiger partial charge in [-0.3, -0.25) is 0 Å². The van der Waals surface area contributed by atoms with Crippen molar-refractivity contribution in [3.05, 3.63) is 24.0 Å². The molecular weight excluding hydrogens is 234 g/mol. The number of nitrogens with zero attached hydrogens (tertiary/aromatic N) is 3. The zero-order valence-corrected chi connectivity index (χ0v) is 9.91. The van der Waals surface area contributed by atoms with Gasteiger partial charge in [-0.2, -0.15) is 5.26 Å². The number of carboxylic acid groups (broad SMARTS) is 1. The fourth-order valence-corrected chi connectivity index (χ4v) is 2.15. The van der Waals surface area contributed by atoms with Gasteiger partial charge in [0.1, 0.15) is 17.8 Å². The Morgan fingerprint density at radius 1 is 1.72 bits per heavy atom. The van der Waals surface area contributed by atoms with E-state index in [4.69, 9.17) is 10.00 Å². The smallest absolute Gasteiger partial charge is 0.326 e. The number of pyridine rings is 1. The topological polar surface area (TPSA) is 86.5 Å². The second-order valence-electron chi connectivity index (χ2n) is 4.11. The molecule has 2 heterocycles. The number of hydrogen-bond donors (Lipinski definition) is 1. The van der Waals surface area contributed by atoms with Gasteiger partial charge in [0.25, 0.3) is 0 Å². The number of methoxy groups -OCH3 is 1. The Morgan fingerprint density at radius 2 is 2.50 bits per heavy atom. The van der Waals surface area contributed by atoms with Crippen LogP contribution in [0.25, 0.3) is 0 Å². The molecule has 1 aromatic rings. The van der Waals surface area contributed by atoms with Gasteiger partial charge in [-0.15, -0.1) is 0 Å². The number of rotatable bonds is 3. The zero-order valence-electron chi connectivity index (χ0n) is 9.91. The minimum absolute atomic E-state index is 0.107. The van der Waals surface area contributed by atoms with Crippen molar-refractivity contribution in [2.75, 3.05) is 18.6 Å². The van der Waals surface area contributed by atoms with Crippen LogP contribution in [0.4, 0.5) is 5.69 Å². The van der Waals surface area contributed by atoms with E-state index in [1.807, 2.05) is 6.07 Å². The molecular formula is C12H13N3O3. The van der Waals surface area contributed by atoms with Crippen LogP contribution in [0.5, 0.6) is 0 Å². The number of hydrogen-bond acceptors (Lipinski definition) is 5. The molecule has 1 fully saturated rings. The molecule has 18 heavy (non-hydrogen) atoms. The van der Waals surface area contributed by atoms with Gasteiger partial charge in [-0.05, 0) is 12.1 Å². The van der Waals surface area contributed by atoms with Crippen molar-refractivity contribution in [1.82, 2.24) is 4.98 Å². The minimum Gasteiger partial charge on any atom is -0.480 e. The molecule has 0 aliphatic carbocycles. The van der Waals surface area contributed by atoms with Crippen LogP contribution >= 0.6 is 0 Å². The molecule has 2 atom stereocenters. The summed E-state index contributed by atoms with van der Waals surface area (Å²) in [6.07, 6.45) is 1.84. The maximum absolute atomic E-state index is 11.2. The lowest BCUT2D eigenvalue weighted by atomic mass is 10.2. The number of anilines is 1. The average molecular weight is 247 g/mol. The molecule has 1 aromatic heterocycles. The van der Waals surface area contributed by atoms with Crippen LogP contribution in [0.2, 0.25) is 0 Å². The van der Waals surface area contributed by atoms with E-state index in [1.165, 1.54) is 6.20 Å². The normalized spacial score (nSPS) is 22.8. The molecule has 2 unspecified atom stereocenters. The van der Waals surface area contributed by atoms with Gasteiger partial charge in [-0.25, -0.2) is 9.78 Å². The van der Waals surface area contributed by atoms with E-state index in [2.05, 4.69) is 4.98 Å². The molecule has 0 saturated carbocycles. The Bertz CT molecular complexity index is 498. The van der Waals surface area contributed by atoms with Crippen LogP contribution in [0.1, 0.15) is 12.1 Å². The number of nitriles is 1. The lowest BCUT2D eigenvalue weighted by Crippen LogP contribution is -2.36. The van der Waals surface area contributed by atoms with Gasteiger partial charge in [-0.1, -0.05) is 0 Å². The largest absolute Gasteiger partial charge is 0.480 e. The quantitative estimate of drug-likeness (QED) is 0.843. The first-order valence-corrected chi connectivity index (χ1v) is 5.54. The molecule has 0 spiro atoms. The van der Waals surface area contributed by atoms with E-state index in [1.54, 1.807) is 24.1 Å². The third kappa shape index (κ3) is 2.26. The molecule has 0 radical (unpaired) electrons. The third-order valence-electron chi connectivity index (χ3n) is 3.07. The van der Waals surface area contributed by atoms with Gasteiger partial charge < -0.3 is 14.7 Å². The van der Waals surface area contributed by atoms with Crippen molar-refractivity contribution in [2.24, 2.45) is 0 Å². The number of carbonyl (C=O) groups is 1. The van der Waals surface area contributed by atoms with Crippen LogP contribution in [0.3, 0.4) is 0 Å². The second kappa shape index (κ2) is 5.02. The standard InChI is InChI=1S/C12H13N3O3/c1-18-10-5-11(12(16)17)15(7-10)9-2-3-14-8(4-9)6-13/h2-4,10-11H,5,7H2,1H3,(H,16,17). The molecule has 1 saturated heterocycles. The highest BCUT2D eigenvalue weighted by Gasteiger charge is 2.37. The van der Waals surface area contributed by atoms with Gasteiger partial charge in [0.2, 0.25) is 0 Å². The Labute approximate surface area is 104 Å². The monoisotopic (exact) mass is 247 g/mol. The summed E-state index contributed by atoms with van der Waals surface area (Å²) >= 11 is 0. The van der Waals surface area contributed by atoms with Gasteiger partial charge in [0.05, 0.1) is 6.10 Å². The molecule has 0 amide bonds. The van der Waals surface area contributed by atoms with Crippen molar-refractivity contribution in [3.8, 4) is 6.07 Å². The van der Waals surface area contributed by atoms with Crippen LogP contribution in [0.15, 0.2) is 18.3 Å². The van der Waals surface area contributed by atoms with Crippen molar-refractivity contribution in [1.29, 1.82) is 5.26 Å². The fraction of sp³-hybridized carbons (Fsp3) is 0.417. The average Bonchev–Trinajstić information content (AvgIpc) is 2.83. The van der Waals surface area contributed by atoms with E-state index in [0.717, 1.165) is 0 Å². The molecule has 1 aliphatic rings. The molecule has 6 nitrogen and oxygen atoms in total. The van der Waals surface area contributed by atoms with E-state index in [-0.39, 0.29) is 11.8 Å². The van der Waals surface area contributed by atoms with Crippen LogP contribution in [-0.2, 0) is 9.53 Å². The van der Waals surface area contributed by atoms with Crippen molar-refractivity contribution in [2.45, 2.75) is 18.6 Å². The summed E-state index contributed by atoms with van der Waals surface area (Å²) in [5.41, 5.74) is 0.964. The lowest BCUT2D eigenvalue weighted by molar-refractivity contribution is -0.138. The maximum atomic E-state index is 11.2. The first kappa shape index (κ1) is 12.3. The van der Waals surface area contributed by atoms with E-state index >= 15 is 0 Å². The van der Waals surface area contributed by atoms with Gasteiger partial charge in [0.15, 0.2) is 0 Å². The second-order valence-corrected chi connectivity index (χ2v) is 4.11. The van der Waals surface area contributed by atoms with Crippen LogP contribution < -0.4 is 4.90 Å². The van der Waals surface area contributed by atoms with Gasteiger partial charge in [0, 0.05) is 32.0 Å². The van der Waals surface area contributed by atoms with Crippen molar-refractivity contribution < 1.29 is 14.6 Å². The number of carboxylic acids is 1. The summed E-state index contributed by atoms with van der Waals surface area (Å²) < 4.78 is 5.21. The number of aromatic nitrogens is 1. The maximum Gasteiger partial charge on any atom is 0.326 e. The fourth-order valence-electron chi connectivity index (χ4n) is 2.15. The summed E-state index contributed by atoms with van der Waals surface area (Å²) in [5, 5.41) is 18.0. The summed E-state index contributed by atoms with van der Waals surface area (Å²) in [7, 11) is 1.57. The Morgan fingerprint density at radius 3 is 3.11 bits per heavy atom. The van der Waals surface area contributed by atoms with E-state index in [0.29, 0.717) is 18.7 Å². The Balaban J connectivity index is 2.30. The number of ether oxygens (including phenoxy) is 1. The molecule has 6 heteroatoms. The molecule has 0 bridgehead atoms. The predicted octanol–water partition coefficient (Wildman–Crippen LogP) is 0.632. The zero-order chi connectivity index (χ0) is 13.1. The molecule has 1 N–H and O–H groups in total. The highest BCUT2D eigenvalue weighted by Crippen LogP contribution is 2.27. The third-order valence-corrected chi connectivity index (χ3v) is 3.07. The minimum atomic E-state index is -0.884. The van der Waals surface area contributed by atoms with Gasteiger partial charge >= 0.3 is 5.97 Å². The lowest BCUT2D eigenvalue weighted by Gasteiger charge is -2.23. The highest BCUT2D eigenvalue weighted by molar-refractivity contribution is 5.79. The van der Waals surface area contributed by atoms with Crippen LogP contribution in [-0.4, -0.2) is 41.9 Å². The first-order chi connectivity index (χ1) is 8.65. The number of aliphatic carboxylic acids is 1. The molecule has 1 aliphatic heterocycles. The molecule has 94 valence electrons. The van der Waals surface area contributed by atoms with Crippen LogP contribution in [0, 0.1) is 11.3 Å². The van der Waals surface area contributed by atoms with Crippen molar-refractivity contribution >= 4 is 11.7 Å². The summed E-state index contributed by atoms with van der Waals surface area (Å²) in [6, 6.07) is 4.62. The van der Waals surface area contributed by atoms with E-state index in [9.17, 15) is 9.90 Å². The Kier molecular flexibility index (Phi) is 3.44. The first-order valence-electron chi connectivity index (χ1n) is 5.54. The predicted molar refractivity (Wildman–Crippen MR) is 63.1 cm³/mol. The highest BCUT2D eigenvalue weighted by atomic mass is 16.5. The Hall–Kier alpha value is -2.13. The van der Waals surface area contributed by atoms with E-state index < -0.39 is 12.0 Å². The SMILES string of the molecule is COC1CC(C(=O)O)N(c2ccnc(C#N)c2)C1. The summed E-state index contributed by atoms with van der Waals surface area (Å²) in [5.74, 6) is -0.884. The summed E-state index contributed by atoms with van der Waals surface area (Å²) in [6.45, 7) is 0.502. The van der Waals surface area contributed by atoms with Crippen molar-refractivity contribution in [3.63, 3.8) is 0 Å². The summed E-state index contributed by atoms with van der Waals surface area (Å²) in [4.78, 5) is 16.8. The molecule has 0 aromatic carbocycles. The molecule has 2 rings (SSSR count).